The van der Waals surface area contributed by atoms with Crippen LogP contribution in [-0.2, 0) is 14.3 Å². The number of benzene rings is 1. The van der Waals surface area contributed by atoms with Gasteiger partial charge in [-0.2, -0.15) is 0 Å². The molecule has 0 bridgehead atoms. The number of methoxy groups -OCH3 is 1. The minimum Gasteiger partial charge on any atom is -0.469 e. The van der Waals surface area contributed by atoms with Crippen molar-refractivity contribution >= 4 is 29.7 Å². The third kappa shape index (κ3) is 3.61. The van der Waals surface area contributed by atoms with E-state index in [0.29, 0.717) is 11.7 Å². The predicted molar refractivity (Wildman–Crippen MR) is 91.8 cm³/mol. The molecule has 23 heavy (non-hydrogen) atoms. The molecule has 1 aliphatic carbocycles. The molecule has 5 heteroatoms. The number of ether oxygens (including phenoxy) is 1. The van der Waals surface area contributed by atoms with E-state index >= 15 is 0 Å². The van der Waals surface area contributed by atoms with Crippen LogP contribution in [0.2, 0.25) is 0 Å². The Morgan fingerprint density at radius 3 is 2.96 bits per heavy atom. The Kier molecular flexibility index (Phi) is 4.76. The van der Waals surface area contributed by atoms with Crippen LogP contribution in [0.3, 0.4) is 0 Å². The zero-order valence-corrected chi connectivity index (χ0v) is 14.2. The summed E-state index contributed by atoms with van der Waals surface area (Å²) < 4.78 is 4.84. The van der Waals surface area contributed by atoms with Gasteiger partial charge in [-0.3, -0.25) is 9.59 Å². The Morgan fingerprint density at radius 1 is 1.39 bits per heavy atom. The molecular weight excluding hydrogens is 310 g/mol. The molecule has 1 aromatic rings. The maximum absolute atomic E-state index is 12.4. The zero-order valence-electron chi connectivity index (χ0n) is 13.4. The van der Waals surface area contributed by atoms with E-state index in [2.05, 4.69) is 11.4 Å². The molecule has 1 aromatic carbocycles. The first kappa shape index (κ1) is 16.1. The van der Waals surface area contributed by atoms with Gasteiger partial charge in [0.1, 0.15) is 0 Å². The number of thioether (sulfide) groups is 1. The van der Waals surface area contributed by atoms with Crippen molar-refractivity contribution in [3.8, 4) is 0 Å². The third-order valence-corrected chi connectivity index (χ3v) is 5.90. The maximum Gasteiger partial charge on any atom is 0.308 e. The molecule has 0 aromatic heterocycles. The second-order valence-electron chi connectivity index (χ2n) is 6.19. The highest BCUT2D eigenvalue weighted by atomic mass is 32.2. The first-order chi connectivity index (χ1) is 11.1. The lowest BCUT2D eigenvalue weighted by atomic mass is 9.85. The smallest absolute Gasteiger partial charge is 0.308 e. The maximum atomic E-state index is 12.4. The van der Waals surface area contributed by atoms with Gasteiger partial charge in [-0.25, -0.2) is 0 Å². The summed E-state index contributed by atoms with van der Waals surface area (Å²) in [7, 11) is 1.42. The van der Waals surface area contributed by atoms with Crippen LogP contribution in [0.4, 0.5) is 0 Å². The van der Waals surface area contributed by atoms with Crippen LogP contribution in [0.1, 0.15) is 30.4 Å². The van der Waals surface area contributed by atoms with Crippen LogP contribution < -0.4 is 5.32 Å². The number of hydrogen-bond donors (Lipinski definition) is 1. The van der Waals surface area contributed by atoms with E-state index in [4.69, 9.17) is 4.74 Å². The first-order valence-electron chi connectivity index (χ1n) is 7.90. The van der Waals surface area contributed by atoms with Crippen LogP contribution in [0.25, 0.3) is 6.08 Å². The highest BCUT2D eigenvalue weighted by Gasteiger charge is 2.39. The lowest BCUT2D eigenvalue weighted by Gasteiger charge is -2.38. The van der Waals surface area contributed by atoms with Gasteiger partial charge < -0.3 is 10.1 Å². The minimum atomic E-state index is -0.163. The third-order valence-electron chi connectivity index (χ3n) is 4.48. The van der Waals surface area contributed by atoms with Gasteiger partial charge in [0.25, 0.3) is 5.91 Å². The van der Waals surface area contributed by atoms with Crippen molar-refractivity contribution in [2.24, 2.45) is 5.92 Å². The van der Waals surface area contributed by atoms with E-state index in [1.807, 2.05) is 31.2 Å². The van der Waals surface area contributed by atoms with Crippen LogP contribution in [-0.4, -0.2) is 30.3 Å². The molecule has 1 saturated heterocycles. The van der Waals surface area contributed by atoms with Crippen LogP contribution >= 0.6 is 11.8 Å². The number of nitrogens with one attached hydrogen (secondary N) is 1. The lowest BCUT2D eigenvalue weighted by Crippen LogP contribution is -2.50. The van der Waals surface area contributed by atoms with Gasteiger partial charge in [-0.15, -0.1) is 11.8 Å². The SMILES string of the molecule is COC(=O)C1CCC2S/C(=C/c3cccc(C)c3)C(=O)NC2C1. The zero-order chi connectivity index (χ0) is 16.4. The number of carbonyl (C=O) groups is 2. The highest BCUT2D eigenvalue weighted by molar-refractivity contribution is 8.04. The van der Waals surface area contributed by atoms with E-state index in [9.17, 15) is 9.59 Å². The van der Waals surface area contributed by atoms with Crippen LogP contribution in [0.15, 0.2) is 29.2 Å². The molecule has 1 N–H and O–H groups in total. The van der Waals surface area contributed by atoms with Gasteiger partial charge in [0.2, 0.25) is 0 Å². The van der Waals surface area contributed by atoms with E-state index in [0.717, 1.165) is 23.3 Å². The second kappa shape index (κ2) is 6.79. The minimum absolute atomic E-state index is 0.0386. The molecule has 4 nitrogen and oxygen atoms in total. The van der Waals surface area contributed by atoms with Gasteiger partial charge in [-0.05, 0) is 37.8 Å². The monoisotopic (exact) mass is 331 g/mol. The summed E-state index contributed by atoms with van der Waals surface area (Å²) in [6, 6.07) is 8.17. The molecule has 0 spiro atoms. The fraction of sp³-hybridized carbons (Fsp3) is 0.444. The molecule has 3 unspecified atom stereocenters. The molecule has 2 aliphatic rings. The fourth-order valence-electron chi connectivity index (χ4n) is 3.28. The number of esters is 1. The highest BCUT2D eigenvalue weighted by Crippen LogP contribution is 2.40. The molecule has 122 valence electrons. The quantitative estimate of drug-likeness (QED) is 0.669. The predicted octanol–water partition coefficient (Wildman–Crippen LogP) is 2.91. The van der Waals surface area contributed by atoms with Crippen molar-refractivity contribution in [2.75, 3.05) is 7.11 Å². The van der Waals surface area contributed by atoms with Crippen molar-refractivity contribution in [1.29, 1.82) is 0 Å². The summed E-state index contributed by atoms with van der Waals surface area (Å²) in [6.07, 6.45) is 4.37. The molecule has 1 saturated carbocycles. The fourth-order valence-corrected chi connectivity index (χ4v) is 4.58. The Bertz CT molecular complexity index is 655. The van der Waals surface area contributed by atoms with Gasteiger partial charge in [0.15, 0.2) is 0 Å². The van der Waals surface area contributed by atoms with E-state index in [1.165, 1.54) is 12.7 Å². The number of fused-ring (bicyclic) bond motifs is 1. The van der Waals surface area contributed by atoms with E-state index < -0.39 is 0 Å². The number of hydrogen-bond acceptors (Lipinski definition) is 4. The molecule has 2 fully saturated rings. The average Bonchev–Trinajstić information content (AvgIpc) is 2.54. The molecule has 1 aliphatic heterocycles. The number of aryl methyl sites for hydroxylation is 1. The average molecular weight is 331 g/mol. The molecule has 0 radical (unpaired) electrons. The normalized spacial score (nSPS) is 28.9. The van der Waals surface area contributed by atoms with Gasteiger partial charge in [0, 0.05) is 11.3 Å². The lowest BCUT2D eigenvalue weighted by molar-refractivity contribution is -0.147. The molecule has 1 amide bonds. The van der Waals surface area contributed by atoms with Crippen molar-refractivity contribution in [3.63, 3.8) is 0 Å². The molecule has 3 rings (SSSR count). The second-order valence-corrected chi connectivity index (χ2v) is 7.47. The van der Waals surface area contributed by atoms with Gasteiger partial charge in [0.05, 0.1) is 17.9 Å². The summed E-state index contributed by atoms with van der Waals surface area (Å²) in [5.74, 6) is -0.295. The first-order valence-corrected chi connectivity index (χ1v) is 8.78. The Hall–Kier alpha value is -1.75. The summed E-state index contributed by atoms with van der Waals surface area (Å²) in [5, 5.41) is 3.41. The Labute approximate surface area is 140 Å². The molecule has 3 atom stereocenters. The van der Waals surface area contributed by atoms with E-state index in [-0.39, 0.29) is 23.8 Å². The summed E-state index contributed by atoms with van der Waals surface area (Å²) >= 11 is 1.64. The summed E-state index contributed by atoms with van der Waals surface area (Å²) in [5.41, 5.74) is 2.22. The van der Waals surface area contributed by atoms with Crippen LogP contribution in [0.5, 0.6) is 0 Å². The van der Waals surface area contributed by atoms with E-state index in [1.54, 1.807) is 11.8 Å². The Balaban J connectivity index is 1.73. The number of rotatable bonds is 2. The van der Waals surface area contributed by atoms with Crippen molar-refractivity contribution in [3.05, 3.63) is 40.3 Å². The summed E-state index contributed by atoms with van der Waals surface area (Å²) in [4.78, 5) is 24.8. The van der Waals surface area contributed by atoms with Gasteiger partial charge in [-0.1, -0.05) is 29.8 Å². The number of carbonyl (C=O) groups excluding carboxylic acids is 2. The Morgan fingerprint density at radius 2 is 2.22 bits per heavy atom. The van der Waals surface area contributed by atoms with Crippen molar-refractivity contribution in [1.82, 2.24) is 5.32 Å². The largest absolute Gasteiger partial charge is 0.469 e. The molecule has 1 heterocycles. The molecular formula is C18H21NO3S. The van der Waals surface area contributed by atoms with Crippen molar-refractivity contribution < 1.29 is 14.3 Å². The van der Waals surface area contributed by atoms with Gasteiger partial charge >= 0.3 is 5.97 Å². The summed E-state index contributed by atoms with van der Waals surface area (Å²) in [6.45, 7) is 2.04. The standard InChI is InChI=1S/C18H21NO3S/c1-11-4-3-5-12(8-11)9-16-17(20)19-14-10-13(18(21)22-2)6-7-15(14)23-16/h3-5,8-9,13-15H,6-7,10H2,1-2H3,(H,19,20)/b16-9+. The van der Waals surface area contributed by atoms with Crippen LogP contribution in [0, 0.1) is 12.8 Å². The number of amides is 1. The topological polar surface area (TPSA) is 55.4 Å². The van der Waals surface area contributed by atoms with Crippen molar-refractivity contribution in [2.45, 2.75) is 37.5 Å².